The molecule has 0 saturated carbocycles. The number of urea groups is 1. The maximum Gasteiger partial charge on any atom is 0.324 e. The van der Waals surface area contributed by atoms with Crippen molar-refractivity contribution in [1.82, 2.24) is 15.1 Å². The number of amides is 2. The molecule has 0 radical (unpaired) electrons. The van der Waals surface area contributed by atoms with E-state index in [-0.39, 0.29) is 11.9 Å². The number of allylic oxidation sites excluding steroid dienone is 2. The second-order valence-electron chi connectivity index (χ2n) is 6.29. The molecule has 2 aliphatic rings. The van der Waals surface area contributed by atoms with Gasteiger partial charge in [-0.1, -0.05) is 37.7 Å². The van der Waals surface area contributed by atoms with Crippen LogP contribution in [-0.4, -0.2) is 67.7 Å². The Morgan fingerprint density at radius 1 is 1.30 bits per heavy atom. The molecule has 1 fully saturated rings. The van der Waals surface area contributed by atoms with E-state index in [1.165, 1.54) is 0 Å². The van der Waals surface area contributed by atoms with E-state index >= 15 is 0 Å². The van der Waals surface area contributed by atoms with Crippen LogP contribution < -0.4 is 5.32 Å². The molecule has 1 N–H and O–H groups in total. The zero-order valence-electron chi connectivity index (χ0n) is 18.7. The number of nitrogens with zero attached hydrogens (tertiary/aromatic N) is 4. The van der Waals surface area contributed by atoms with Crippen molar-refractivity contribution < 1.29 is 14.4 Å². The van der Waals surface area contributed by atoms with Crippen LogP contribution in [0.25, 0.3) is 0 Å². The molecule has 1 saturated heterocycles. The highest BCUT2D eigenvalue weighted by Gasteiger charge is 2.26. The first-order valence-electron chi connectivity index (χ1n) is 10.4. The molecule has 2 heterocycles. The van der Waals surface area contributed by atoms with Crippen LogP contribution in [0.15, 0.2) is 58.2 Å². The van der Waals surface area contributed by atoms with E-state index in [1.807, 2.05) is 32.9 Å². The molecule has 0 spiro atoms. The molecule has 0 unspecified atom stereocenters. The molecule has 2 aliphatic heterocycles. The average molecular weight is 418 g/mol. The Hall–Kier alpha value is -3.03. The van der Waals surface area contributed by atoms with Crippen molar-refractivity contribution in [1.29, 1.82) is 0 Å². The Morgan fingerprint density at radius 3 is 2.60 bits per heavy atom. The maximum absolute atomic E-state index is 12.4. The standard InChI is InChI=1S/C20H29N5O3.C2H6/c1-5-8-16(3)15-27-17-9-7-10-22-19(17)24-11-13-25(14-12-24)20(26)23-18(6-2)28-21-4;1-2/h5-6,8-9H,3-4,7,10-15H2,1-2H3,(H,23,26);1-2H3/b8-5-,18-6-;. The average Bonchev–Trinajstić information content (AvgIpc) is 2.79. The molecule has 0 atom stereocenters. The summed E-state index contributed by atoms with van der Waals surface area (Å²) in [6, 6.07) is -0.225. The second kappa shape index (κ2) is 14.0. The van der Waals surface area contributed by atoms with Gasteiger partial charge in [-0.2, -0.15) is 0 Å². The fourth-order valence-electron chi connectivity index (χ4n) is 2.89. The Kier molecular flexibility index (Phi) is 11.7. The van der Waals surface area contributed by atoms with Crippen molar-refractivity contribution in [2.24, 2.45) is 10.1 Å². The zero-order chi connectivity index (χ0) is 22.4. The van der Waals surface area contributed by atoms with Gasteiger partial charge in [0, 0.05) is 39.4 Å². The lowest BCUT2D eigenvalue weighted by Gasteiger charge is -2.37. The van der Waals surface area contributed by atoms with E-state index in [1.54, 1.807) is 17.9 Å². The molecule has 0 aromatic heterocycles. The first kappa shape index (κ1) is 25.0. The highest BCUT2D eigenvalue weighted by Crippen LogP contribution is 2.16. The Morgan fingerprint density at radius 2 is 2.00 bits per heavy atom. The number of nitrogens with one attached hydrogen (secondary N) is 1. The minimum atomic E-state index is -0.225. The normalized spacial score (nSPS) is 16.7. The zero-order valence-corrected chi connectivity index (χ0v) is 18.7. The maximum atomic E-state index is 12.4. The van der Waals surface area contributed by atoms with Crippen LogP contribution in [0.1, 0.15) is 34.1 Å². The number of aliphatic imine (C=N–C) groups is 1. The van der Waals surface area contributed by atoms with Gasteiger partial charge in [0.1, 0.15) is 6.61 Å². The predicted molar refractivity (Wildman–Crippen MR) is 122 cm³/mol. The van der Waals surface area contributed by atoms with E-state index in [0.29, 0.717) is 32.8 Å². The summed E-state index contributed by atoms with van der Waals surface area (Å²) in [6.07, 6.45) is 8.43. The van der Waals surface area contributed by atoms with Crippen LogP contribution >= 0.6 is 0 Å². The Labute approximate surface area is 180 Å². The van der Waals surface area contributed by atoms with Gasteiger partial charge in [-0.25, -0.2) is 4.79 Å². The van der Waals surface area contributed by atoms with E-state index in [2.05, 4.69) is 39.7 Å². The molecule has 166 valence electrons. The number of ether oxygens (including phenoxy) is 1. The summed E-state index contributed by atoms with van der Waals surface area (Å²) in [6.45, 7) is 18.6. The SMILES string of the molecule is C=NO/C(=C\C)NC(=O)N1CCN(C2=NCCC=C2OCC(=C)/C=C\C)CC1.CC. The van der Waals surface area contributed by atoms with Crippen LogP contribution in [0, 0.1) is 0 Å². The number of dihydropyridines is 1. The molecule has 30 heavy (non-hydrogen) atoms. The highest BCUT2D eigenvalue weighted by molar-refractivity contribution is 5.97. The Bertz CT molecular complexity index is 702. The minimum Gasteiger partial charge on any atom is -0.485 e. The van der Waals surface area contributed by atoms with Gasteiger partial charge in [-0.3, -0.25) is 10.3 Å². The molecular formula is C22H35N5O3. The van der Waals surface area contributed by atoms with Crippen molar-refractivity contribution in [2.45, 2.75) is 34.1 Å². The summed E-state index contributed by atoms with van der Waals surface area (Å²) in [7, 11) is 0. The molecule has 2 rings (SSSR count). The van der Waals surface area contributed by atoms with Crippen LogP contribution in [0.3, 0.4) is 0 Å². The number of hydrogen-bond donors (Lipinski definition) is 1. The number of rotatable bonds is 7. The smallest absolute Gasteiger partial charge is 0.324 e. The number of oxime groups is 1. The van der Waals surface area contributed by atoms with Gasteiger partial charge in [0.05, 0.1) is 0 Å². The first-order valence-corrected chi connectivity index (χ1v) is 10.4. The fourth-order valence-corrected chi connectivity index (χ4v) is 2.89. The monoisotopic (exact) mass is 417 g/mol. The molecule has 0 aromatic carbocycles. The van der Waals surface area contributed by atoms with Crippen LogP contribution in [-0.2, 0) is 9.57 Å². The van der Waals surface area contributed by atoms with Crippen molar-refractivity contribution >= 4 is 18.6 Å². The molecular weight excluding hydrogens is 382 g/mol. The summed E-state index contributed by atoms with van der Waals surface area (Å²) >= 11 is 0. The summed E-state index contributed by atoms with van der Waals surface area (Å²) < 4.78 is 5.94. The van der Waals surface area contributed by atoms with Gasteiger partial charge >= 0.3 is 6.03 Å². The lowest BCUT2D eigenvalue weighted by atomic mass is 10.2. The molecule has 8 nitrogen and oxygen atoms in total. The number of hydrogen-bond acceptors (Lipinski definition) is 6. The summed E-state index contributed by atoms with van der Waals surface area (Å²) in [5.41, 5.74) is 0.908. The van der Waals surface area contributed by atoms with E-state index in [0.717, 1.165) is 30.1 Å². The Balaban J connectivity index is 0.00000218. The minimum absolute atomic E-state index is 0.225. The highest BCUT2D eigenvalue weighted by atomic mass is 16.6. The van der Waals surface area contributed by atoms with Crippen molar-refractivity contribution in [3.05, 3.63) is 48.1 Å². The van der Waals surface area contributed by atoms with Crippen molar-refractivity contribution in [2.75, 3.05) is 39.3 Å². The lowest BCUT2D eigenvalue weighted by Crippen LogP contribution is -2.53. The molecule has 0 aliphatic carbocycles. The quantitative estimate of drug-likeness (QED) is 0.297. The van der Waals surface area contributed by atoms with E-state index in [9.17, 15) is 4.79 Å². The van der Waals surface area contributed by atoms with Crippen molar-refractivity contribution in [3.63, 3.8) is 0 Å². The lowest BCUT2D eigenvalue weighted by molar-refractivity contribution is 0.154. The third kappa shape index (κ3) is 7.77. The van der Waals surface area contributed by atoms with Gasteiger partial charge in [-0.05, 0) is 38.0 Å². The third-order valence-corrected chi connectivity index (χ3v) is 4.28. The number of piperazine rings is 1. The topological polar surface area (TPSA) is 78.8 Å². The first-order chi connectivity index (χ1) is 14.6. The predicted octanol–water partition coefficient (Wildman–Crippen LogP) is 3.67. The van der Waals surface area contributed by atoms with E-state index < -0.39 is 0 Å². The van der Waals surface area contributed by atoms with Gasteiger partial charge in [0.15, 0.2) is 11.6 Å². The largest absolute Gasteiger partial charge is 0.485 e. The van der Waals surface area contributed by atoms with Crippen LogP contribution in [0.2, 0.25) is 0 Å². The van der Waals surface area contributed by atoms with Crippen molar-refractivity contribution in [3.8, 4) is 0 Å². The van der Waals surface area contributed by atoms with Gasteiger partial charge in [-0.15, -0.1) is 0 Å². The molecule has 0 aromatic rings. The number of carbonyl (C=O) groups is 1. The number of carbonyl (C=O) groups excluding carboxylic acids is 1. The second-order valence-corrected chi connectivity index (χ2v) is 6.29. The molecule has 0 bridgehead atoms. The van der Waals surface area contributed by atoms with Gasteiger partial charge in [0.25, 0.3) is 0 Å². The number of amidine groups is 1. The van der Waals surface area contributed by atoms with Gasteiger partial charge < -0.3 is 19.4 Å². The summed E-state index contributed by atoms with van der Waals surface area (Å²) in [5, 5.41) is 6.00. The molecule has 8 heteroatoms. The molecule has 2 amide bonds. The van der Waals surface area contributed by atoms with Crippen LogP contribution in [0.5, 0.6) is 0 Å². The summed E-state index contributed by atoms with van der Waals surface area (Å²) in [5.74, 6) is 1.91. The van der Waals surface area contributed by atoms with Crippen LogP contribution in [0.4, 0.5) is 4.79 Å². The fraction of sp³-hybridized carbons (Fsp3) is 0.500. The van der Waals surface area contributed by atoms with E-state index in [4.69, 9.17) is 9.57 Å². The third-order valence-electron chi connectivity index (χ3n) is 4.28. The van der Waals surface area contributed by atoms with Gasteiger partial charge in [0.2, 0.25) is 5.88 Å². The summed E-state index contributed by atoms with van der Waals surface area (Å²) in [4.78, 5) is 25.8.